The molecule has 0 fully saturated rings. The topological polar surface area (TPSA) is 24.1 Å². The molecule has 1 aromatic carbocycles. The van der Waals surface area contributed by atoms with Gasteiger partial charge < -0.3 is 10.6 Å². The third-order valence-electron chi connectivity index (χ3n) is 3.71. The van der Waals surface area contributed by atoms with E-state index in [1.54, 1.807) is 0 Å². The minimum Gasteiger partial charge on any atom is -0.359 e. The van der Waals surface area contributed by atoms with Crippen molar-refractivity contribution in [2.24, 2.45) is 23.7 Å². The van der Waals surface area contributed by atoms with Crippen molar-refractivity contribution in [3.8, 4) is 0 Å². The molecule has 0 spiro atoms. The van der Waals surface area contributed by atoms with E-state index >= 15 is 0 Å². The zero-order valence-electron chi connectivity index (χ0n) is 16.8. The molecule has 134 valence electrons. The maximum Gasteiger partial charge on any atom is 0.0402 e. The van der Waals surface area contributed by atoms with E-state index in [2.05, 4.69) is 102 Å². The zero-order valence-corrected chi connectivity index (χ0v) is 16.8. The molecule has 0 saturated heterocycles. The summed E-state index contributed by atoms with van der Waals surface area (Å²) in [5.74, 6) is 2.04. The molecule has 0 bridgehead atoms. The Bertz CT molecular complexity index is 516. The number of anilines is 2. The van der Waals surface area contributed by atoms with Crippen LogP contribution >= 0.6 is 0 Å². The number of hydrogen-bond acceptors (Lipinski definition) is 2. The molecular formula is C22H36N2. The first-order valence-electron chi connectivity index (χ1n) is 9.26. The highest BCUT2D eigenvalue weighted by molar-refractivity contribution is 5.61. The van der Waals surface area contributed by atoms with Gasteiger partial charge in [-0.15, -0.1) is 0 Å². The van der Waals surface area contributed by atoms with Gasteiger partial charge in [-0.25, -0.2) is 0 Å². The second-order valence-corrected chi connectivity index (χ2v) is 7.87. The van der Waals surface area contributed by atoms with Crippen molar-refractivity contribution >= 4 is 11.4 Å². The summed E-state index contributed by atoms with van der Waals surface area (Å²) in [4.78, 5) is 0. The van der Waals surface area contributed by atoms with E-state index in [1.165, 1.54) is 11.4 Å². The SMILES string of the molecule is CC(C)/C=C(\Nc1cccc(N/C(=C\C(C)C)C(C)C)c1)C(C)C. The molecule has 2 N–H and O–H groups in total. The quantitative estimate of drug-likeness (QED) is 0.542. The van der Waals surface area contributed by atoms with Crippen molar-refractivity contribution in [1.29, 1.82) is 0 Å². The summed E-state index contributed by atoms with van der Waals surface area (Å²) in [6, 6.07) is 8.55. The monoisotopic (exact) mass is 328 g/mol. The summed E-state index contributed by atoms with van der Waals surface area (Å²) in [5, 5.41) is 7.19. The van der Waals surface area contributed by atoms with Crippen LogP contribution in [0.2, 0.25) is 0 Å². The Kier molecular flexibility index (Phi) is 8.10. The van der Waals surface area contributed by atoms with Crippen molar-refractivity contribution in [2.75, 3.05) is 10.6 Å². The van der Waals surface area contributed by atoms with E-state index in [4.69, 9.17) is 0 Å². The van der Waals surface area contributed by atoms with Crippen LogP contribution in [0.25, 0.3) is 0 Å². The van der Waals surface area contributed by atoms with Gasteiger partial charge in [0.25, 0.3) is 0 Å². The normalized spacial score (nSPS) is 13.3. The molecule has 2 nitrogen and oxygen atoms in total. The third kappa shape index (κ3) is 7.25. The number of nitrogens with one attached hydrogen (secondary N) is 2. The average Bonchev–Trinajstić information content (AvgIpc) is 2.45. The smallest absolute Gasteiger partial charge is 0.0402 e. The first kappa shape index (κ1) is 20.3. The van der Waals surface area contributed by atoms with Crippen molar-refractivity contribution in [3.05, 3.63) is 47.8 Å². The van der Waals surface area contributed by atoms with E-state index in [1.807, 2.05) is 0 Å². The van der Waals surface area contributed by atoms with Gasteiger partial charge in [-0.1, -0.05) is 73.6 Å². The predicted octanol–water partition coefficient (Wildman–Crippen LogP) is 6.90. The fourth-order valence-electron chi connectivity index (χ4n) is 2.48. The Hall–Kier alpha value is -1.70. The van der Waals surface area contributed by atoms with Crippen LogP contribution in [0.4, 0.5) is 11.4 Å². The molecule has 0 heterocycles. The summed E-state index contributed by atoms with van der Waals surface area (Å²) in [5.41, 5.74) is 4.83. The van der Waals surface area contributed by atoms with Crippen LogP contribution in [0.3, 0.4) is 0 Å². The molecule has 1 aromatic rings. The minimum absolute atomic E-state index is 0.482. The Balaban J connectivity index is 2.97. The van der Waals surface area contributed by atoms with Gasteiger partial charge in [-0.2, -0.15) is 0 Å². The molecule has 0 unspecified atom stereocenters. The molecule has 0 aliphatic carbocycles. The standard InChI is InChI=1S/C22H36N2/c1-15(2)12-21(17(5)6)23-19-10-9-11-20(14-19)24-22(18(7)8)13-16(3)4/h9-18,23-24H,1-8H3/b21-12-,22-13-. The number of hydrogen-bond donors (Lipinski definition) is 2. The highest BCUT2D eigenvalue weighted by Crippen LogP contribution is 2.23. The van der Waals surface area contributed by atoms with Gasteiger partial charge >= 0.3 is 0 Å². The van der Waals surface area contributed by atoms with Crippen molar-refractivity contribution in [3.63, 3.8) is 0 Å². The van der Waals surface area contributed by atoms with Gasteiger partial charge in [0, 0.05) is 22.8 Å². The second-order valence-electron chi connectivity index (χ2n) is 7.87. The largest absolute Gasteiger partial charge is 0.359 e. The average molecular weight is 329 g/mol. The molecule has 0 aliphatic heterocycles. The maximum atomic E-state index is 3.60. The first-order chi connectivity index (χ1) is 11.2. The van der Waals surface area contributed by atoms with Crippen LogP contribution < -0.4 is 10.6 Å². The summed E-state index contributed by atoms with van der Waals surface area (Å²) in [7, 11) is 0. The van der Waals surface area contributed by atoms with Crippen molar-refractivity contribution in [2.45, 2.75) is 55.4 Å². The van der Waals surface area contributed by atoms with E-state index in [0.717, 1.165) is 11.4 Å². The van der Waals surface area contributed by atoms with Gasteiger partial charge in [0.05, 0.1) is 0 Å². The molecule has 24 heavy (non-hydrogen) atoms. The molecule has 0 aromatic heterocycles. The Morgan fingerprint density at radius 1 is 0.708 bits per heavy atom. The van der Waals surface area contributed by atoms with Crippen LogP contribution in [-0.2, 0) is 0 Å². The van der Waals surface area contributed by atoms with Crippen LogP contribution in [0.5, 0.6) is 0 Å². The lowest BCUT2D eigenvalue weighted by molar-refractivity contribution is 0.734. The summed E-state index contributed by atoms with van der Waals surface area (Å²) in [6.45, 7) is 17.8. The van der Waals surface area contributed by atoms with E-state index in [-0.39, 0.29) is 0 Å². The van der Waals surface area contributed by atoms with Gasteiger partial charge in [0.15, 0.2) is 0 Å². The van der Waals surface area contributed by atoms with Crippen LogP contribution in [0.15, 0.2) is 47.8 Å². The summed E-state index contributed by atoms with van der Waals surface area (Å²) in [6.07, 6.45) is 4.62. The molecule has 2 heteroatoms. The Labute approximate surface area is 149 Å². The number of allylic oxidation sites excluding steroid dienone is 4. The molecular weight excluding hydrogens is 292 g/mol. The molecule has 0 atom stereocenters. The molecule has 0 amide bonds. The van der Waals surface area contributed by atoms with Crippen molar-refractivity contribution < 1.29 is 0 Å². The van der Waals surface area contributed by atoms with Crippen molar-refractivity contribution in [1.82, 2.24) is 0 Å². The third-order valence-corrected chi connectivity index (χ3v) is 3.71. The number of rotatable bonds is 8. The zero-order chi connectivity index (χ0) is 18.3. The van der Waals surface area contributed by atoms with Crippen LogP contribution in [0.1, 0.15) is 55.4 Å². The number of benzene rings is 1. The van der Waals surface area contributed by atoms with Crippen LogP contribution in [-0.4, -0.2) is 0 Å². The highest BCUT2D eigenvalue weighted by Gasteiger charge is 2.08. The fourth-order valence-corrected chi connectivity index (χ4v) is 2.48. The van der Waals surface area contributed by atoms with Gasteiger partial charge in [-0.05, 0) is 41.9 Å². The summed E-state index contributed by atoms with van der Waals surface area (Å²) >= 11 is 0. The van der Waals surface area contributed by atoms with E-state index < -0.39 is 0 Å². The van der Waals surface area contributed by atoms with E-state index in [9.17, 15) is 0 Å². The Morgan fingerprint density at radius 2 is 1.08 bits per heavy atom. The maximum absolute atomic E-state index is 3.60. The highest BCUT2D eigenvalue weighted by atomic mass is 14.9. The predicted molar refractivity (Wildman–Crippen MR) is 109 cm³/mol. The lowest BCUT2D eigenvalue weighted by atomic mass is 10.0. The van der Waals surface area contributed by atoms with Gasteiger partial charge in [0.1, 0.15) is 0 Å². The molecule has 1 rings (SSSR count). The molecule has 0 saturated carbocycles. The second kappa shape index (κ2) is 9.56. The van der Waals surface area contributed by atoms with Gasteiger partial charge in [-0.3, -0.25) is 0 Å². The van der Waals surface area contributed by atoms with Gasteiger partial charge in [0.2, 0.25) is 0 Å². The summed E-state index contributed by atoms with van der Waals surface area (Å²) < 4.78 is 0. The Morgan fingerprint density at radius 3 is 1.38 bits per heavy atom. The minimum atomic E-state index is 0.482. The lowest BCUT2D eigenvalue weighted by Gasteiger charge is -2.19. The lowest BCUT2D eigenvalue weighted by Crippen LogP contribution is -2.09. The molecule has 0 aliphatic rings. The van der Waals surface area contributed by atoms with Crippen LogP contribution in [0, 0.1) is 23.7 Å². The fraction of sp³-hybridized carbons (Fsp3) is 0.545. The first-order valence-corrected chi connectivity index (χ1v) is 9.26. The molecule has 0 radical (unpaired) electrons. The van der Waals surface area contributed by atoms with E-state index in [0.29, 0.717) is 23.7 Å².